The number of carbonyl (C=O) groups excluding carboxylic acids is 3. The smallest absolute Gasteiger partial charge is 0.333 e. The molecule has 1 aliphatic rings. The van der Waals surface area contributed by atoms with Crippen LogP contribution in [0.4, 0.5) is 5.69 Å². The third kappa shape index (κ3) is 4.65. The summed E-state index contributed by atoms with van der Waals surface area (Å²) in [5, 5.41) is 17.2. The second-order valence-electron chi connectivity index (χ2n) is 13.5. The summed E-state index contributed by atoms with van der Waals surface area (Å²) >= 11 is 0. The molecule has 0 aliphatic carbocycles. The Morgan fingerprint density at radius 1 is 0.792 bits per heavy atom. The van der Waals surface area contributed by atoms with Crippen molar-refractivity contribution in [1.29, 1.82) is 5.26 Å². The molecule has 7 rings (SSSR count). The lowest BCUT2D eigenvalue weighted by Gasteiger charge is -2.33. The number of fused-ring (bicyclic) bond motifs is 2. The summed E-state index contributed by atoms with van der Waals surface area (Å²) in [5.41, 5.74) is 5.58. The highest BCUT2D eigenvalue weighted by Gasteiger charge is 2.38. The van der Waals surface area contributed by atoms with Gasteiger partial charge in [-0.2, -0.15) is 5.26 Å². The quantitative estimate of drug-likeness (QED) is 0.0416. The molecule has 6 heteroatoms. The maximum Gasteiger partial charge on any atom is 0.333 e. The van der Waals surface area contributed by atoms with E-state index in [0.29, 0.717) is 46.2 Å². The van der Waals surface area contributed by atoms with Gasteiger partial charge in [-0.25, -0.2) is 9.69 Å². The van der Waals surface area contributed by atoms with E-state index in [1.165, 1.54) is 4.90 Å². The molecular weight excluding hydrogens is 596 g/mol. The highest BCUT2D eigenvalue weighted by atomic mass is 16.5. The lowest BCUT2D eigenvalue weighted by Crippen LogP contribution is -2.42. The van der Waals surface area contributed by atoms with Gasteiger partial charge in [-0.3, -0.25) is 9.59 Å². The van der Waals surface area contributed by atoms with Crippen molar-refractivity contribution in [3.63, 3.8) is 0 Å². The van der Waals surface area contributed by atoms with Gasteiger partial charge in [0.2, 0.25) is 0 Å². The second kappa shape index (κ2) is 11.6. The topological polar surface area (TPSA) is 87.5 Å². The maximum atomic E-state index is 14.6. The largest absolute Gasteiger partial charge is 0.462 e. The van der Waals surface area contributed by atoms with Gasteiger partial charge in [-0.15, -0.1) is 0 Å². The maximum absolute atomic E-state index is 14.6. The Balaban J connectivity index is 1.38. The van der Waals surface area contributed by atoms with Gasteiger partial charge in [-0.05, 0) is 98.8 Å². The average Bonchev–Trinajstić information content (AvgIpc) is 3.07. The first-order chi connectivity index (χ1) is 23.0. The molecule has 1 aliphatic heterocycles. The molecule has 0 saturated carbocycles. The number of ether oxygens (including phenoxy) is 1. The van der Waals surface area contributed by atoms with Gasteiger partial charge in [0.1, 0.15) is 0 Å². The predicted molar refractivity (Wildman–Crippen MR) is 192 cm³/mol. The van der Waals surface area contributed by atoms with Crippen LogP contribution in [0.1, 0.15) is 95.8 Å². The molecule has 0 aromatic heterocycles. The fraction of sp³-hybridized carbons (Fsp3) is 0.238. The SMILES string of the molecule is C=C(C)C(=O)OCCCc1cc(C(C)C)c(N2C(=O)c3ccc4c5cccc6c(C#N)ccc(c7ccc(c3c47)C2=O)c65)c(C(C)C)c1. The summed E-state index contributed by atoms with van der Waals surface area (Å²) in [6.07, 6.45) is 1.33. The zero-order valence-electron chi connectivity index (χ0n) is 27.9. The molecule has 1 heterocycles. The second-order valence-corrected chi connectivity index (χ2v) is 13.5. The molecule has 0 fully saturated rings. The number of amides is 2. The van der Waals surface area contributed by atoms with Crippen LogP contribution in [0.5, 0.6) is 0 Å². The third-order valence-electron chi connectivity index (χ3n) is 9.66. The van der Waals surface area contributed by atoms with Crippen LogP contribution < -0.4 is 4.90 Å². The van der Waals surface area contributed by atoms with E-state index in [4.69, 9.17) is 4.74 Å². The van der Waals surface area contributed by atoms with Crippen LogP contribution >= 0.6 is 0 Å². The van der Waals surface area contributed by atoms with Crippen LogP contribution in [0.25, 0.3) is 43.1 Å². The summed E-state index contributed by atoms with van der Waals surface area (Å²) in [6.45, 7) is 13.9. The number of nitriles is 1. The molecule has 6 aromatic carbocycles. The highest BCUT2D eigenvalue weighted by Crippen LogP contribution is 2.46. The summed E-state index contributed by atoms with van der Waals surface area (Å²) in [6, 6.07) is 24.0. The summed E-state index contributed by atoms with van der Waals surface area (Å²) in [4.78, 5) is 42.5. The highest BCUT2D eigenvalue weighted by molar-refractivity contribution is 6.42. The zero-order chi connectivity index (χ0) is 34.0. The lowest BCUT2D eigenvalue weighted by molar-refractivity contribution is -0.139. The van der Waals surface area contributed by atoms with Gasteiger partial charge >= 0.3 is 5.97 Å². The summed E-state index contributed by atoms with van der Waals surface area (Å²) in [7, 11) is 0. The molecular formula is C42H36N2O4. The third-order valence-corrected chi connectivity index (χ3v) is 9.66. The number of aryl methyl sites for hydroxylation is 1. The standard InChI is InChI=1S/C42H36N2O4/c1-22(2)34-19-25(9-8-18-48-42(47)24(5)6)20-35(23(3)4)39(34)44-40(45)32-16-14-30-28-11-7-10-27-26(21-43)12-13-29(36(27)28)31-15-17-33(41(44)46)38(32)37(30)31/h7,10-17,19-20,22-23H,5,8-9,18H2,1-4,6H3. The first-order valence-electron chi connectivity index (χ1n) is 16.5. The Morgan fingerprint density at radius 3 is 1.90 bits per heavy atom. The Labute approximate surface area is 279 Å². The normalized spacial score (nSPS) is 13.1. The van der Waals surface area contributed by atoms with E-state index < -0.39 is 5.97 Å². The van der Waals surface area contributed by atoms with E-state index in [1.807, 2.05) is 48.5 Å². The van der Waals surface area contributed by atoms with E-state index in [0.717, 1.165) is 54.4 Å². The van der Waals surface area contributed by atoms with E-state index >= 15 is 0 Å². The van der Waals surface area contributed by atoms with E-state index in [2.05, 4.69) is 58.5 Å². The predicted octanol–water partition coefficient (Wildman–Crippen LogP) is 9.71. The number of nitrogens with zero attached hydrogens (tertiary/aromatic N) is 2. The molecule has 6 aromatic rings. The molecule has 0 saturated heterocycles. The molecule has 0 N–H and O–H groups in total. The number of hydrogen-bond donors (Lipinski definition) is 0. The van der Waals surface area contributed by atoms with Crippen LogP contribution in [0.15, 0.2) is 78.9 Å². The molecule has 238 valence electrons. The molecule has 0 atom stereocenters. The van der Waals surface area contributed by atoms with Crippen LogP contribution in [0.3, 0.4) is 0 Å². The van der Waals surface area contributed by atoms with Crippen LogP contribution in [-0.2, 0) is 16.0 Å². The van der Waals surface area contributed by atoms with Gasteiger partial charge in [0.05, 0.1) is 23.9 Å². The first kappa shape index (κ1) is 31.1. The van der Waals surface area contributed by atoms with Crippen LogP contribution in [-0.4, -0.2) is 24.4 Å². The lowest BCUT2D eigenvalue weighted by atomic mass is 9.83. The van der Waals surface area contributed by atoms with Gasteiger partial charge in [-0.1, -0.05) is 82.8 Å². The van der Waals surface area contributed by atoms with Crippen molar-refractivity contribution in [2.24, 2.45) is 0 Å². The van der Waals surface area contributed by atoms with Crippen molar-refractivity contribution in [2.45, 2.75) is 59.3 Å². The molecule has 0 bridgehead atoms. The minimum Gasteiger partial charge on any atom is -0.462 e. The monoisotopic (exact) mass is 632 g/mol. The minimum absolute atomic E-state index is 0.0337. The Hall–Kier alpha value is -5.54. The zero-order valence-corrected chi connectivity index (χ0v) is 27.9. The molecule has 0 radical (unpaired) electrons. The van der Waals surface area contributed by atoms with E-state index in [-0.39, 0.29) is 30.3 Å². The van der Waals surface area contributed by atoms with Gasteiger partial charge < -0.3 is 4.74 Å². The molecule has 2 amide bonds. The summed E-state index contributed by atoms with van der Waals surface area (Å²) in [5.74, 6) is -0.989. The van der Waals surface area contributed by atoms with Crippen molar-refractivity contribution in [3.05, 3.63) is 112 Å². The van der Waals surface area contributed by atoms with Crippen LogP contribution in [0.2, 0.25) is 0 Å². The van der Waals surface area contributed by atoms with Crippen molar-refractivity contribution in [1.82, 2.24) is 0 Å². The molecule has 0 spiro atoms. The molecule has 6 nitrogen and oxygen atoms in total. The van der Waals surface area contributed by atoms with Crippen molar-refractivity contribution in [3.8, 4) is 6.07 Å². The first-order valence-corrected chi connectivity index (χ1v) is 16.5. The fourth-order valence-corrected chi connectivity index (χ4v) is 7.38. The van der Waals surface area contributed by atoms with Crippen molar-refractivity contribution < 1.29 is 19.1 Å². The fourth-order valence-electron chi connectivity index (χ4n) is 7.38. The van der Waals surface area contributed by atoms with Gasteiger partial charge in [0.25, 0.3) is 11.8 Å². The minimum atomic E-state index is -0.395. The number of benzene rings is 6. The van der Waals surface area contributed by atoms with Crippen molar-refractivity contribution >= 4 is 66.6 Å². The van der Waals surface area contributed by atoms with Crippen LogP contribution in [0, 0.1) is 11.3 Å². The number of esters is 1. The Morgan fingerprint density at radius 2 is 1.33 bits per heavy atom. The molecule has 0 unspecified atom stereocenters. The van der Waals surface area contributed by atoms with E-state index in [1.54, 1.807) is 6.92 Å². The number of imide groups is 1. The average molecular weight is 633 g/mol. The number of hydrogen-bond acceptors (Lipinski definition) is 5. The summed E-state index contributed by atoms with van der Waals surface area (Å²) < 4.78 is 5.31. The Bertz CT molecular complexity index is 2310. The van der Waals surface area contributed by atoms with E-state index in [9.17, 15) is 19.6 Å². The number of rotatable bonds is 8. The number of carbonyl (C=O) groups is 3. The van der Waals surface area contributed by atoms with Gasteiger partial charge in [0, 0.05) is 27.5 Å². The Kier molecular flexibility index (Phi) is 7.52. The van der Waals surface area contributed by atoms with Gasteiger partial charge in [0.15, 0.2) is 0 Å². The number of anilines is 1. The van der Waals surface area contributed by atoms with Crippen molar-refractivity contribution in [2.75, 3.05) is 11.5 Å². The molecule has 48 heavy (non-hydrogen) atoms.